The second kappa shape index (κ2) is 7.42. The molecule has 1 aromatic heterocycles. The first kappa shape index (κ1) is 17.2. The van der Waals surface area contributed by atoms with Gasteiger partial charge in [0.15, 0.2) is 22.3 Å². The van der Waals surface area contributed by atoms with Crippen LogP contribution in [0.25, 0.3) is 0 Å². The fourth-order valence-corrected chi connectivity index (χ4v) is 2.42. The number of halogens is 1. The molecule has 0 aliphatic rings. The second-order valence-corrected chi connectivity index (χ2v) is 5.24. The Morgan fingerprint density at radius 3 is 2.62 bits per heavy atom. The van der Waals surface area contributed by atoms with Gasteiger partial charge in [-0.15, -0.1) is 11.3 Å². The van der Waals surface area contributed by atoms with Crippen LogP contribution >= 0.6 is 11.3 Å². The highest BCUT2D eigenvalue weighted by Gasteiger charge is 2.17. The molecule has 2 rings (SSSR count). The van der Waals surface area contributed by atoms with Crippen LogP contribution in [-0.4, -0.2) is 25.0 Å². The Morgan fingerprint density at radius 1 is 1.21 bits per heavy atom. The quantitative estimate of drug-likeness (QED) is 0.435. The summed E-state index contributed by atoms with van der Waals surface area (Å²) < 4.78 is 23.8. The molecule has 0 aliphatic heterocycles. The number of hydrogen-bond acceptors (Lipinski definition) is 5. The molecule has 8 nitrogen and oxygen atoms in total. The van der Waals surface area contributed by atoms with Crippen molar-refractivity contribution in [3.8, 4) is 11.5 Å². The summed E-state index contributed by atoms with van der Waals surface area (Å²) in [6, 6.07) is 5.19. The molecule has 0 fully saturated rings. The smallest absolute Gasteiger partial charge is 0.351 e. The maximum absolute atomic E-state index is 13.5. The van der Waals surface area contributed by atoms with Crippen LogP contribution in [0, 0.1) is 5.82 Å². The molecule has 6 N–H and O–H groups in total. The van der Waals surface area contributed by atoms with Gasteiger partial charge in [0.25, 0.3) is 0 Å². The van der Waals surface area contributed by atoms with Gasteiger partial charge in [-0.25, -0.2) is 14.2 Å². The monoisotopic (exact) mass is 351 g/mol. The van der Waals surface area contributed by atoms with Gasteiger partial charge >= 0.3 is 5.97 Å². The number of thiophene rings is 1. The molecule has 1 heterocycles. The third-order valence-electron chi connectivity index (χ3n) is 2.62. The molecule has 24 heavy (non-hydrogen) atoms. The molecule has 0 bridgehead atoms. The zero-order chi connectivity index (χ0) is 17.7. The normalized spacial score (nSPS) is 11.0. The lowest BCUT2D eigenvalue weighted by Crippen LogP contribution is -2.26. The van der Waals surface area contributed by atoms with Crippen molar-refractivity contribution in [2.24, 2.45) is 27.2 Å². The van der Waals surface area contributed by atoms with Gasteiger partial charge in [-0.3, -0.25) is 0 Å². The first-order valence-electron chi connectivity index (χ1n) is 6.47. The van der Waals surface area contributed by atoms with Crippen molar-refractivity contribution in [3.05, 3.63) is 40.3 Å². The lowest BCUT2D eigenvalue weighted by atomic mass is 10.3. The van der Waals surface area contributed by atoms with Gasteiger partial charge in [0.05, 0.1) is 7.11 Å². The van der Waals surface area contributed by atoms with Gasteiger partial charge < -0.3 is 26.7 Å². The van der Waals surface area contributed by atoms with Gasteiger partial charge in [-0.2, -0.15) is 4.99 Å². The van der Waals surface area contributed by atoms with Crippen LogP contribution in [0.1, 0.15) is 9.67 Å². The Bertz CT molecular complexity index is 814. The summed E-state index contributed by atoms with van der Waals surface area (Å²) in [5, 5.41) is 1.65. The number of guanidine groups is 2. The lowest BCUT2D eigenvalue weighted by molar-refractivity contribution is 0.0604. The van der Waals surface area contributed by atoms with Crippen LogP contribution in [0.4, 0.5) is 10.1 Å². The number of hydrogen-bond donors (Lipinski definition) is 3. The molecule has 0 saturated heterocycles. The van der Waals surface area contributed by atoms with Crippen LogP contribution in [-0.2, 0) is 4.74 Å². The highest BCUT2D eigenvalue weighted by Crippen LogP contribution is 2.36. The number of benzene rings is 1. The van der Waals surface area contributed by atoms with Crippen molar-refractivity contribution in [1.29, 1.82) is 0 Å². The van der Waals surface area contributed by atoms with E-state index in [4.69, 9.17) is 21.9 Å². The second-order valence-electron chi connectivity index (χ2n) is 4.33. The third kappa shape index (κ3) is 4.20. The average Bonchev–Trinajstić information content (AvgIpc) is 2.96. The Hall–Kier alpha value is -3.14. The van der Waals surface area contributed by atoms with Crippen LogP contribution in [0.15, 0.2) is 39.6 Å². The highest BCUT2D eigenvalue weighted by molar-refractivity contribution is 7.12. The number of carbonyl (C=O) groups excluding carboxylic acids is 1. The predicted octanol–water partition coefficient (Wildman–Crippen LogP) is 1.69. The van der Waals surface area contributed by atoms with E-state index in [-0.39, 0.29) is 34.0 Å². The molecule has 0 saturated carbocycles. The minimum Gasteiger partial charge on any atom is -0.465 e. The van der Waals surface area contributed by atoms with Crippen molar-refractivity contribution >= 4 is 34.9 Å². The Balaban J connectivity index is 2.40. The molecule has 2 aromatic rings. The number of carbonyl (C=O) groups is 1. The molecule has 0 unspecified atom stereocenters. The first-order chi connectivity index (χ1) is 11.4. The summed E-state index contributed by atoms with van der Waals surface area (Å²) in [7, 11) is 1.26. The number of methoxy groups -OCH3 is 1. The largest absolute Gasteiger partial charge is 0.465 e. The third-order valence-corrected chi connectivity index (χ3v) is 3.50. The number of nitrogens with two attached hydrogens (primary N) is 3. The molecule has 0 aliphatic carbocycles. The zero-order valence-electron chi connectivity index (χ0n) is 12.5. The Morgan fingerprint density at radius 2 is 1.96 bits per heavy atom. The van der Waals surface area contributed by atoms with Gasteiger partial charge in [0.2, 0.25) is 5.96 Å². The van der Waals surface area contributed by atoms with Crippen molar-refractivity contribution in [1.82, 2.24) is 0 Å². The Kier molecular flexibility index (Phi) is 5.32. The molecule has 0 spiro atoms. The van der Waals surface area contributed by atoms with Gasteiger partial charge in [-0.1, -0.05) is 0 Å². The standard InChI is InChI=1S/C14H14FN5O3S/c1-22-12(21)11-10(4-5-24-11)23-9-3-2-7(15)6-8(9)19-14(18)20-13(16)17/h2-6H,1H3,(H6,16,17,18,19,20). The molecule has 0 radical (unpaired) electrons. The van der Waals surface area contributed by atoms with E-state index in [1.54, 1.807) is 11.4 Å². The number of aliphatic imine (C=N–C) groups is 2. The van der Waals surface area contributed by atoms with E-state index in [0.717, 1.165) is 17.4 Å². The van der Waals surface area contributed by atoms with Gasteiger partial charge in [0.1, 0.15) is 11.5 Å². The minimum absolute atomic E-state index is 0.0551. The van der Waals surface area contributed by atoms with Crippen LogP contribution in [0.3, 0.4) is 0 Å². The SMILES string of the molecule is COC(=O)c1sccc1Oc1ccc(F)cc1N=C(N)N=C(N)N. The van der Waals surface area contributed by atoms with Crippen LogP contribution in [0.2, 0.25) is 0 Å². The lowest BCUT2D eigenvalue weighted by Gasteiger charge is -2.09. The molecule has 10 heteroatoms. The van der Waals surface area contributed by atoms with Crippen molar-refractivity contribution < 1.29 is 18.7 Å². The van der Waals surface area contributed by atoms with Crippen LogP contribution in [0.5, 0.6) is 11.5 Å². The van der Waals surface area contributed by atoms with E-state index < -0.39 is 11.8 Å². The molecular weight excluding hydrogens is 337 g/mol. The maximum Gasteiger partial charge on any atom is 0.351 e. The summed E-state index contributed by atoms with van der Waals surface area (Å²) >= 11 is 1.14. The molecular formula is C14H14FN5O3S. The Labute approximate surface area is 140 Å². The number of esters is 1. The number of nitrogens with zero attached hydrogens (tertiary/aromatic N) is 2. The first-order valence-corrected chi connectivity index (χ1v) is 7.35. The van der Waals surface area contributed by atoms with E-state index in [0.29, 0.717) is 0 Å². The average molecular weight is 351 g/mol. The summed E-state index contributed by atoms with van der Waals surface area (Å²) in [6.45, 7) is 0. The van der Waals surface area contributed by atoms with Crippen molar-refractivity contribution in [2.45, 2.75) is 0 Å². The van der Waals surface area contributed by atoms with E-state index in [1.807, 2.05) is 0 Å². The van der Waals surface area contributed by atoms with Gasteiger partial charge in [-0.05, 0) is 23.6 Å². The number of rotatable bonds is 4. The summed E-state index contributed by atoms with van der Waals surface area (Å²) in [6.07, 6.45) is 0. The van der Waals surface area contributed by atoms with E-state index in [9.17, 15) is 9.18 Å². The van der Waals surface area contributed by atoms with E-state index in [2.05, 4.69) is 14.7 Å². The van der Waals surface area contributed by atoms with E-state index >= 15 is 0 Å². The zero-order valence-corrected chi connectivity index (χ0v) is 13.3. The number of ether oxygens (including phenoxy) is 2. The predicted molar refractivity (Wildman–Crippen MR) is 89.2 cm³/mol. The van der Waals surface area contributed by atoms with Gasteiger partial charge in [0, 0.05) is 6.07 Å². The summed E-state index contributed by atoms with van der Waals surface area (Å²) in [5.41, 5.74) is 16.0. The molecule has 0 amide bonds. The molecule has 0 atom stereocenters. The highest BCUT2D eigenvalue weighted by atomic mass is 32.1. The fourth-order valence-electron chi connectivity index (χ4n) is 1.68. The maximum atomic E-state index is 13.5. The van der Waals surface area contributed by atoms with E-state index in [1.165, 1.54) is 19.2 Å². The topological polar surface area (TPSA) is 138 Å². The summed E-state index contributed by atoms with van der Waals surface area (Å²) in [5.74, 6) is -1.27. The van der Waals surface area contributed by atoms with Crippen LogP contribution < -0.4 is 21.9 Å². The van der Waals surface area contributed by atoms with Crippen molar-refractivity contribution in [3.63, 3.8) is 0 Å². The van der Waals surface area contributed by atoms with Crippen molar-refractivity contribution in [2.75, 3.05) is 7.11 Å². The minimum atomic E-state index is -0.558. The molecule has 1 aromatic carbocycles. The fraction of sp³-hybridized carbons (Fsp3) is 0.0714. The molecule has 126 valence electrons. The summed E-state index contributed by atoms with van der Waals surface area (Å²) in [4.78, 5) is 19.4.